The Hall–Kier alpha value is -3.13. The molecule has 0 fully saturated rings. The number of halogens is 5. The number of nitrogens with zero attached hydrogens (tertiary/aromatic N) is 1. The highest BCUT2D eigenvalue weighted by Gasteiger charge is 2.31. The van der Waals surface area contributed by atoms with E-state index in [1.54, 1.807) is 30.3 Å². The first-order valence-electron chi connectivity index (χ1n) is 11.3. The Balaban J connectivity index is 1.75. The lowest BCUT2D eigenvalue weighted by Gasteiger charge is -2.15. The lowest BCUT2D eigenvalue weighted by atomic mass is 10.0. The molecule has 0 saturated heterocycles. The highest BCUT2D eigenvalue weighted by Crippen LogP contribution is 2.42. The van der Waals surface area contributed by atoms with E-state index in [2.05, 4.69) is 4.98 Å². The number of benzene rings is 3. The van der Waals surface area contributed by atoms with Crippen molar-refractivity contribution in [3.63, 3.8) is 0 Å². The van der Waals surface area contributed by atoms with Crippen molar-refractivity contribution in [3.8, 4) is 17.2 Å². The number of nitrogens with one attached hydrogen (secondary N) is 1. The summed E-state index contributed by atoms with van der Waals surface area (Å²) in [5.74, 6) is -0.387. The van der Waals surface area contributed by atoms with E-state index in [0.29, 0.717) is 27.3 Å². The van der Waals surface area contributed by atoms with Crippen LogP contribution in [0.4, 0.5) is 0 Å². The fraction of sp³-hybridized carbons (Fsp3) is 0.0714. The fourth-order valence-electron chi connectivity index (χ4n) is 4.45. The van der Waals surface area contributed by atoms with Gasteiger partial charge in [-0.3, -0.25) is 14.2 Å². The molecule has 0 spiro atoms. The zero-order valence-electron chi connectivity index (χ0n) is 20.2. The lowest BCUT2D eigenvalue weighted by molar-refractivity contribution is 0.101. The summed E-state index contributed by atoms with van der Waals surface area (Å²) in [7, 11) is 2.90. The van der Waals surface area contributed by atoms with Crippen molar-refractivity contribution in [3.05, 3.63) is 109 Å². The largest absolute Gasteiger partial charge is 0.496 e. The second-order valence-electron chi connectivity index (χ2n) is 8.32. The number of carbonyl (C=O) groups is 2. The number of hydrogen-bond acceptors (Lipinski definition) is 4. The van der Waals surface area contributed by atoms with Crippen LogP contribution in [0.5, 0.6) is 11.5 Å². The molecule has 0 saturated carbocycles. The number of para-hydroxylation sites is 1. The van der Waals surface area contributed by atoms with Crippen LogP contribution in [0.2, 0.25) is 25.4 Å². The third-order valence-electron chi connectivity index (χ3n) is 6.20. The number of aromatic nitrogens is 2. The predicted molar refractivity (Wildman–Crippen MR) is 156 cm³/mol. The fourth-order valence-corrected chi connectivity index (χ4v) is 5.55. The van der Waals surface area contributed by atoms with Crippen LogP contribution >= 0.6 is 58.0 Å². The van der Waals surface area contributed by atoms with Crippen LogP contribution in [0.3, 0.4) is 0 Å². The molecule has 0 unspecified atom stereocenters. The Labute approximate surface area is 247 Å². The molecular formula is C28H17Cl5N2O4. The van der Waals surface area contributed by atoms with Crippen molar-refractivity contribution in [2.75, 3.05) is 14.2 Å². The van der Waals surface area contributed by atoms with E-state index in [1.807, 2.05) is 18.2 Å². The van der Waals surface area contributed by atoms with Crippen LogP contribution in [0.15, 0.2) is 60.7 Å². The number of rotatable bonds is 7. The van der Waals surface area contributed by atoms with Gasteiger partial charge in [-0.1, -0.05) is 94.4 Å². The Morgan fingerprint density at radius 2 is 1.44 bits per heavy atom. The monoisotopic (exact) mass is 620 g/mol. The molecule has 0 amide bonds. The second kappa shape index (κ2) is 10.8. The topological polar surface area (TPSA) is 73.3 Å². The standard InChI is InChI=1S/C28H17Cl5N2O4/c1-38-20-10-6-5-9-15(20)25(37)22-23(21(31)27(32)34-22)35-19(12-18(30)28(35)33)24(36)16-11-17(29)13-7-3-4-8-14(13)26(16)39-2/h3-12,34H,1-2H3. The van der Waals surface area contributed by atoms with E-state index in [0.717, 1.165) is 0 Å². The van der Waals surface area contributed by atoms with Gasteiger partial charge in [-0.05, 0) is 24.3 Å². The molecule has 5 aromatic rings. The van der Waals surface area contributed by atoms with E-state index >= 15 is 0 Å². The first-order valence-corrected chi connectivity index (χ1v) is 13.2. The highest BCUT2D eigenvalue weighted by atomic mass is 35.5. The van der Waals surface area contributed by atoms with Gasteiger partial charge in [0.2, 0.25) is 11.6 Å². The summed E-state index contributed by atoms with van der Waals surface area (Å²) in [5, 5.41) is 1.62. The molecule has 198 valence electrons. The smallest absolute Gasteiger partial charge is 0.215 e. The molecule has 0 aliphatic heterocycles. The predicted octanol–water partition coefficient (Wildman–Crippen LogP) is 8.70. The van der Waals surface area contributed by atoms with Crippen molar-refractivity contribution in [2.45, 2.75) is 0 Å². The summed E-state index contributed by atoms with van der Waals surface area (Å²) >= 11 is 32.5. The quantitative estimate of drug-likeness (QED) is 0.184. The minimum atomic E-state index is -0.530. The van der Waals surface area contributed by atoms with Gasteiger partial charge in [0.15, 0.2) is 0 Å². The number of ketones is 2. The SMILES string of the molecule is COc1ccccc1C(=O)c1[nH]c(Cl)c(Cl)c1-n1c(C(=O)c2cc(Cl)c3ccccc3c2OC)cc(Cl)c1Cl. The van der Waals surface area contributed by atoms with Gasteiger partial charge in [0.05, 0.1) is 41.8 Å². The van der Waals surface area contributed by atoms with Crippen molar-refractivity contribution >= 4 is 80.3 Å². The van der Waals surface area contributed by atoms with Gasteiger partial charge >= 0.3 is 0 Å². The van der Waals surface area contributed by atoms with Gasteiger partial charge in [0.25, 0.3) is 0 Å². The third kappa shape index (κ3) is 4.56. The van der Waals surface area contributed by atoms with Crippen LogP contribution in [-0.4, -0.2) is 35.3 Å². The van der Waals surface area contributed by atoms with Crippen LogP contribution < -0.4 is 9.47 Å². The third-order valence-corrected chi connectivity index (χ3v) is 8.02. The molecule has 5 rings (SSSR count). The first kappa shape index (κ1) is 27.4. The number of H-pyrrole nitrogens is 1. The highest BCUT2D eigenvalue weighted by molar-refractivity contribution is 6.45. The number of ether oxygens (including phenoxy) is 2. The summed E-state index contributed by atoms with van der Waals surface area (Å²) in [6.07, 6.45) is 0. The number of carbonyl (C=O) groups excluding carboxylic acids is 2. The van der Waals surface area contributed by atoms with E-state index in [4.69, 9.17) is 67.5 Å². The first-order chi connectivity index (χ1) is 18.7. The Bertz CT molecular complexity index is 1790. The van der Waals surface area contributed by atoms with Gasteiger partial charge in [0.1, 0.15) is 32.5 Å². The molecule has 2 heterocycles. The summed E-state index contributed by atoms with van der Waals surface area (Å²) in [5.41, 5.74) is 0.413. The van der Waals surface area contributed by atoms with Crippen LogP contribution in [0.25, 0.3) is 16.5 Å². The van der Waals surface area contributed by atoms with Gasteiger partial charge in [-0.2, -0.15) is 0 Å². The van der Waals surface area contributed by atoms with Gasteiger partial charge in [-0.15, -0.1) is 0 Å². The van der Waals surface area contributed by atoms with Gasteiger partial charge < -0.3 is 14.5 Å². The van der Waals surface area contributed by atoms with Gasteiger partial charge in [0, 0.05) is 15.8 Å². The maximum atomic E-state index is 14.1. The van der Waals surface area contributed by atoms with E-state index in [-0.39, 0.29) is 48.6 Å². The molecule has 1 N–H and O–H groups in total. The number of methoxy groups -OCH3 is 2. The van der Waals surface area contributed by atoms with Crippen LogP contribution in [-0.2, 0) is 0 Å². The van der Waals surface area contributed by atoms with Crippen molar-refractivity contribution in [2.24, 2.45) is 0 Å². The van der Waals surface area contributed by atoms with Gasteiger partial charge in [-0.25, -0.2) is 0 Å². The molecule has 0 aliphatic rings. The van der Waals surface area contributed by atoms with Crippen molar-refractivity contribution in [1.29, 1.82) is 0 Å². The Kier molecular flexibility index (Phi) is 7.60. The molecule has 0 bridgehead atoms. The average Bonchev–Trinajstić information content (AvgIpc) is 3.41. The van der Waals surface area contributed by atoms with E-state index in [1.165, 1.54) is 30.9 Å². The van der Waals surface area contributed by atoms with E-state index < -0.39 is 11.6 Å². The zero-order chi connectivity index (χ0) is 28.0. The molecular weight excluding hydrogens is 606 g/mol. The molecule has 0 atom stereocenters. The van der Waals surface area contributed by atoms with E-state index in [9.17, 15) is 9.59 Å². The zero-order valence-corrected chi connectivity index (χ0v) is 24.0. The summed E-state index contributed by atoms with van der Waals surface area (Å²) in [4.78, 5) is 30.6. The molecule has 39 heavy (non-hydrogen) atoms. The Morgan fingerprint density at radius 1 is 0.769 bits per heavy atom. The number of fused-ring (bicyclic) bond motifs is 1. The maximum Gasteiger partial charge on any atom is 0.215 e. The maximum absolute atomic E-state index is 14.1. The number of hydrogen-bond donors (Lipinski definition) is 1. The van der Waals surface area contributed by atoms with Crippen molar-refractivity contribution in [1.82, 2.24) is 9.55 Å². The minimum absolute atomic E-state index is 0.00120. The van der Waals surface area contributed by atoms with Crippen LogP contribution in [0, 0.1) is 0 Å². The van der Waals surface area contributed by atoms with Crippen LogP contribution in [0.1, 0.15) is 32.1 Å². The molecule has 11 heteroatoms. The molecule has 6 nitrogen and oxygen atoms in total. The lowest BCUT2D eigenvalue weighted by Crippen LogP contribution is -2.14. The molecule has 2 aromatic heterocycles. The summed E-state index contributed by atoms with van der Waals surface area (Å²) in [6, 6.07) is 16.8. The molecule has 0 radical (unpaired) electrons. The Morgan fingerprint density at radius 3 is 2.13 bits per heavy atom. The summed E-state index contributed by atoms with van der Waals surface area (Å²) in [6.45, 7) is 0. The number of aromatic amines is 1. The molecule has 0 aliphatic carbocycles. The average molecular weight is 623 g/mol. The normalized spacial score (nSPS) is 11.2. The minimum Gasteiger partial charge on any atom is -0.496 e. The second-order valence-corrected chi connectivity index (χ2v) is 10.3. The van der Waals surface area contributed by atoms with Crippen molar-refractivity contribution < 1.29 is 19.1 Å². The summed E-state index contributed by atoms with van der Waals surface area (Å²) < 4.78 is 12.3. The molecule has 3 aromatic carbocycles.